The highest BCUT2D eigenvalue weighted by atomic mass is 16.7. The fraction of sp³-hybridized carbons (Fsp3) is 0.712. The topological polar surface area (TPSA) is 108 Å². The van der Waals surface area contributed by atoms with Gasteiger partial charge in [0, 0.05) is 12.8 Å². The zero-order chi connectivity index (χ0) is 54.8. The number of carboxylic acids is 1. The number of ether oxygens (including phenoxy) is 4. The molecule has 0 aromatic carbocycles. The maximum absolute atomic E-state index is 12.9. The third-order valence-corrected chi connectivity index (χ3v) is 12.9. The molecule has 0 radical (unpaired) electrons. The van der Waals surface area contributed by atoms with E-state index < -0.39 is 24.3 Å². The van der Waals surface area contributed by atoms with Crippen LogP contribution >= 0.6 is 0 Å². The van der Waals surface area contributed by atoms with E-state index in [-0.39, 0.29) is 32.2 Å². The van der Waals surface area contributed by atoms with E-state index >= 15 is 0 Å². The lowest BCUT2D eigenvalue weighted by Gasteiger charge is -2.25. The first kappa shape index (κ1) is 71.2. The zero-order valence-corrected chi connectivity index (χ0v) is 48.9. The van der Waals surface area contributed by atoms with Gasteiger partial charge in [0.05, 0.1) is 34.4 Å². The average molecular weight is 1050 g/mol. The maximum Gasteiger partial charge on any atom is 0.361 e. The fourth-order valence-corrected chi connectivity index (χ4v) is 8.21. The van der Waals surface area contributed by atoms with Gasteiger partial charge < -0.3 is 28.5 Å². The van der Waals surface area contributed by atoms with Gasteiger partial charge in [-0.25, -0.2) is 4.79 Å². The van der Waals surface area contributed by atoms with Gasteiger partial charge in [-0.2, -0.15) is 0 Å². The van der Waals surface area contributed by atoms with Crippen molar-refractivity contribution in [3.8, 4) is 0 Å². The summed E-state index contributed by atoms with van der Waals surface area (Å²) in [5, 5.41) is 9.71. The molecule has 1 N–H and O–H groups in total. The monoisotopic (exact) mass is 1050 g/mol. The Kier molecular flexibility index (Phi) is 53.6. The van der Waals surface area contributed by atoms with Crippen LogP contribution in [0.1, 0.15) is 245 Å². The Morgan fingerprint density at radius 1 is 0.413 bits per heavy atom. The highest BCUT2D eigenvalue weighted by Crippen LogP contribution is 2.16. The fourth-order valence-electron chi connectivity index (χ4n) is 8.21. The Balaban J connectivity index is 4.23. The molecule has 0 spiro atoms. The van der Waals surface area contributed by atoms with E-state index in [1.807, 2.05) is 21.1 Å². The zero-order valence-electron chi connectivity index (χ0n) is 48.9. The summed E-state index contributed by atoms with van der Waals surface area (Å²) in [4.78, 5) is 37.4. The molecule has 9 heteroatoms. The molecule has 0 aliphatic heterocycles. The number of rotatable bonds is 55. The summed E-state index contributed by atoms with van der Waals surface area (Å²) >= 11 is 0. The first-order valence-electron chi connectivity index (χ1n) is 30.4. The summed E-state index contributed by atoms with van der Waals surface area (Å²) in [6.45, 7) is 4.77. The highest BCUT2D eigenvalue weighted by molar-refractivity contribution is 5.71. The molecule has 0 aliphatic carbocycles. The van der Waals surface area contributed by atoms with Crippen LogP contribution in [0.25, 0.3) is 0 Å². The number of carbonyl (C=O) groups is 3. The number of hydrogen-bond acceptors (Lipinski definition) is 7. The van der Waals surface area contributed by atoms with Gasteiger partial charge in [0.25, 0.3) is 6.29 Å². The van der Waals surface area contributed by atoms with Gasteiger partial charge in [-0.05, 0) is 77.0 Å². The molecule has 0 aromatic rings. The Morgan fingerprint density at radius 2 is 0.760 bits per heavy atom. The summed E-state index contributed by atoms with van der Waals surface area (Å²) in [5.74, 6) is -2.01. The Labute approximate surface area is 461 Å². The maximum atomic E-state index is 12.9. The molecular weight excluding hydrogens is 935 g/mol. The molecule has 0 rings (SSSR count). The van der Waals surface area contributed by atoms with E-state index in [0.29, 0.717) is 23.9 Å². The van der Waals surface area contributed by atoms with Crippen LogP contribution in [-0.2, 0) is 33.3 Å². The largest absolute Gasteiger partial charge is 0.477 e. The number of hydrogen-bond donors (Lipinski definition) is 1. The molecule has 0 heterocycles. The van der Waals surface area contributed by atoms with Crippen LogP contribution in [0.4, 0.5) is 0 Å². The van der Waals surface area contributed by atoms with Gasteiger partial charge in [-0.15, -0.1) is 0 Å². The summed E-state index contributed by atoms with van der Waals surface area (Å²) in [6, 6.07) is 0. The van der Waals surface area contributed by atoms with Gasteiger partial charge in [-0.3, -0.25) is 9.59 Å². The average Bonchev–Trinajstić information content (AvgIpc) is 3.38. The summed E-state index contributed by atoms with van der Waals surface area (Å²) in [5.41, 5.74) is 0. The molecule has 0 aromatic heterocycles. The van der Waals surface area contributed by atoms with E-state index in [2.05, 4.69) is 111 Å². The molecule has 2 atom stereocenters. The van der Waals surface area contributed by atoms with Gasteiger partial charge in [0.1, 0.15) is 13.2 Å². The number of aliphatic carboxylic acids is 1. The van der Waals surface area contributed by atoms with Gasteiger partial charge >= 0.3 is 17.9 Å². The molecule has 0 saturated carbocycles. The second-order valence-electron chi connectivity index (χ2n) is 21.3. The summed E-state index contributed by atoms with van der Waals surface area (Å²) in [7, 11) is 5.96. The van der Waals surface area contributed by atoms with E-state index in [0.717, 1.165) is 96.3 Å². The summed E-state index contributed by atoms with van der Waals surface area (Å²) < 4.78 is 22.9. The number of esters is 2. The molecular formula is C66H114NO8+. The minimum Gasteiger partial charge on any atom is -0.477 e. The summed E-state index contributed by atoms with van der Waals surface area (Å²) in [6.07, 6.45) is 73.4. The van der Waals surface area contributed by atoms with Crippen LogP contribution in [0, 0.1) is 0 Å². The second-order valence-corrected chi connectivity index (χ2v) is 21.3. The third kappa shape index (κ3) is 57.7. The minimum atomic E-state index is -1.52. The number of allylic oxidation sites excluding steroid dienone is 16. The van der Waals surface area contributed by atoms with Gasteiger partial charge in [0.15, 0.2) is 6.10 Å². The van der Waals surface area contributed by atoms with Crippen LogP contribution in [-0.4, -0.2) is 87.4 Å². The molecule has 0 bridgehead atoms. The third-order valence-electron chi connectivity index (χ3n) is 12.9. The number of quaternary nitrogens is 1. The second kappa shape index (κ2) is 56.4. The first-order valence-corrected chi connectivity index (χ1v) is 30.4. The lowest BCUT2D eigenvalue weighted by Crippen LogP contribution is -2.40. The van der Waals surface area contributed by atoms with Crippen molar-refractivity contribution in [2.24, 2.45) is 0 Å². The molecule has 2 unspecified atom stereocenters. The predicted molar refractivity (Wildman–Crippen MR) is 318 cm³/mol. The van der Waals surface area contributed by atoms with Crippen molar-refractivity contribution >= 4 is 17.9 Å². The first-order chi connectivity index (χ1) is 36.6. The molecule has 0 saturated heterocycles. The van der Waals surface area contributed by atoms with Crippen molar-refractivity contribution in [1.82, 2.24) is 0 Å². The SMILES string of the molecule is CC/C=C\C/C=C\C/C=C\C/C=C\C/C=C\C/C=C\C/C=C\C/C=C\CCCCCCCCCCC(=O)OC(COC(=O)CCCCCCCCCCCCCCCCCCC)COC(OCC[N+](C)(C)C)C(=O)O. The lowest BCUT2D eigenvalue weighted by atomic mass is 10.0. The van der Waals surface area contributed by atoms with E-state index in [1.54, 1.807) is 0 Å². The molecule has 430 valence electrons. The van der Waals surface area contributed by atoms with Crippen molar-refractivity contribution in [2.45, 2.75) is 257 Å². The minimum absolute atomic E-state index is 0.183. The van der Waals surface area contributed by atoms with Gasteiger partial charge in [0.2, 0.25) is 0 Å². The van der Waals surface area contributed by atoms with E-state index in [9.17, 15) is 19.5 Å². The lowest BCUT2D eigenvalue weighted by molar-refractivity contribution is -0.870. The van der Waals surface area contributed by atoms with Crippen LogP contribution in [0.2, 0.25) is 0 Å². The van der Waals surface area contributed by atoms with Gasteiger partial charge in [-0.1, -0.05) is 252 Å². The molecule has 0 aliphatic rings. The number of unbranched alkanes of at least 4 members (excludes halogenated alkanes) is 24. The predicted octanol–water partition coefficient (Wildman–Crippen LogP) is 18.1. The van der Waals surface area contributed by atoms with Crippen LogP contribution in [0.5, 0.6) is 0 Å². The Morgan fingerprint density at radius 3 is 1.13 bits per heavy atom. The molecule has 75 heavy (non-hydrogen) atoms. The quantitative estimate of drug-likeness (QED) is 0.0211. The van der Waals surface area contributed by atoms with Crippen LogP contribution in [0.15, 0.2) is 97.2 Å². The molecule has 9 nitrogen and oxygen atoms in total. The van der Waals surface area contributed by atoms with E-state index in [4.69, 9.17) is 18.9 Å². The standard InChI is InChI=1S/C66H113NO8/c1-6-8-10-12-14-16-18-20-22-24-25-26-27-28-29-30-31-32-33-34-35-36-37-38-39-41-43-45-47-49-51-53-55-57-64(69)75-62(61-74-66(65(70)71)72-59-58-67(3,4)5)60-73-63(68)56-54-52-50-48-46-44-42-40-23-21-19-17-15-13-11-9-7-2/h8,10,14,16,20,22,25-26,28-29,31-32,34-35,37-38,62,66H,6-7,9,11-13,15,17-19,21,23-24,27,30,33,36,39-61H2,1-5H3/p+1/b10-8-,16-14-,22-20-,26-25-,29-28-,32-31-,35-34-,38-37-. The molecule has 0 fully saturated rings. The Bertz CT molecular complexity index is 1550. The molecule has 0 amide bonds. The van der Waals surface area contributed by atoms with Crippen molar-refractivity contribution in [2.75, 3.05) is 47.5 Å². The normalized spacial score (nSPS) is 13.5. The smallest absolute Gasteiger partial charge is 0.361 e. The number of carbonyl (C=O) groups excluding carboxylic acids is 2. The van der Waals surface area contributed by atoms with Crippen molar-refractivity contribution in [3.63, 3.8) is 0 Å². The van der Waals surface area contributed by atoms with Crippen molar-refractivity contribution in [1.29, 1.82) is 0 Å². The van der Waals surface area contributed by atoms with E-state index in [1.165, 1.54) is 116 Å². The van der Waals surface area contributed by atoms with Crippen LogP contribution in [0.3, 0.4) is 0 Å². The number of carboxylic acid groups (broad SMARTS) is 1. The Hall–Kier alpha value is -3.79. The van der Waals surface area contributed by atoms with Crippen molar-refractivity contribution < 1.29 is 42.9 Å². The number of likely N-dealkylation sites (N-methyl/N-ethyl adjacent to an activating group) is 1. The van der Waals surface area contributed by atoms with Crippen LogP contribution < -0.4 is 0 Å². The number of nitrogens with zero attached hydrogens (tertiary/aromatic N) is 1. The van der Waals surface area contributed by atoms with Crippen molar-refractivity contribution in [3.05, 3.63) is 97.2 Å². The highest BCUT2D eigenvalue weighted by Gasteiger charge is 2.25.